The number of halogens is 5. The number of hydrogen-bond acceptors (Lipinski definition) is 11. The molecule has 2 saturated carbocycles. The molecule has 5 N–H and O–H groups in total. The monoisotopic (exact) mass is 1160 g/mol. The second-order valence-corrected chi connectivity index (χ2v) is 22.1. The van der Waals surface area contributed by atoms with Crippen molar-refractivity contribution in [3.05, 3.63) is 127 Å². The minimum absolute atomic E-state index is 0. The third-order valence-corrected chi connectivity index (χ3v) is 16.5. The normalized spacial score (nSPS) is 14.5. The first-order chi connectivity index (χ1) is 33.9. The molecule has 0 radical (unpaired) electrons. The third-order valence-electron chi connectivity index (χ3n) is 12.6. The number of amides is 1. The van der Waals surface area contributed by atoms with Crippen molar-refractivity contribution in [2.75, 3.05) is 49.3 Å². The lowest BCUT2D eigenvalue weighted by Gasteiger charge is -2.43. The van der Waals surface area contributed by atoms with E-state index in [9.17, 15) is 19.2 Å². The highest BCUT2D eigenvalue weighted by Gasteiger charge is 2.43. The summed E-state index contributed by atoms with van der Waals surface area (Å²) in [6.45, 7) is 0. The molecule has 1 amide bonds. The molecule has 4 aromatic carbocycles. The van der Waals surface area contributed by atoms with E-state index in [0.717, 1.165) is 90.4 Å². The fourth-order valence-corrected chi connectivity index (χ4v) is 11.4. The highest BCUT2D eigenvalue weighted by molar-refractivity contribution is 7.98. The smallest absolute Gasteiger partial charge is 0.328 e. The molecule has 0 bridgehead atoms. The van der Waals surface area contributed by atoms with Crippen molar-refractivity contribution in [1.29, 1.82) is 0 Å². The highest BCUT2D eigenvalue weighted by atomic mass is 35.5. The molecule has 2 aliphatic carbocycles. The second-order valence-electron chi connectivity index (χ2n) is 17.3. The van der Waals surface area contributed by atoms with Gasteiger partial charge in [-0.3, -0.25) is 9.59 Å². The fourth-order valence-electron chi connectivity index (χ4n) is 8.24. The summed E-state index contributed by atoms with van der Waals surface area (Å²) in [4.78, 5) is 49.7. The van der Waals surface area contributed by atoms with E-state index in [1.807, 2.05) is 59.9 Å². The number of methoxy groups -OCH3 is 2. The lowest BCUT2D eigenvalue weighted by Crippen LogP contribution is -2.51. The molecule has 0 saturated heterocycles. The predicted molar refractivity (Wildman–Crippen MR) is 313 cm³/mol. The molecule has 2 atom stereocenters. The minimum Gasteiger partial charge on any atom is -0.467 e. The Labute approximate surface area is 470 Å². The summed E-state index contributed by atoms with van der Waals surface area (Å²) in [6.07, 6.45) is 16.3. The molecular formula is C53H65Cl5N4O6S4. The first kappa shape index (κ1) is 63.0. The summed E-state index contributed by atoms with van der Waals surface area (Å²) in [5.74, 6) is 1.24. The van der Waals surface area contributed by atoms with Gasteiger partial charge >= 0.3 is 11.9 Å². The number of thiocarbonyl (C=S) groups is 2. The molecule has 19 heteroatoms. The summed E-state index contributed by atoms with van der Waals surface area (Å²) >= 11 is 44.0. The maximum Gasteiger partial charge on any atom is 0.328 e. The number of esters is 2. The molecule has 4 aromatic rings. The molecule has 0 heterocycles. The molecule has 0 aliphatic heterocycles. The van der Waals surface area contributed by atoms with E-state index in [1.165, 1.54) is 20.6 Å². The minimum atomic E-state index is -0.638. The Morgan fingerprint density at radius 3 is 1.33 bits per heavy atom. The molecule has 2 unspecified atom stereocenters. The molecular weight excluding hydrogens is 1090 g/mol. The third kappa shape index (κ3) is 18.5. The second kappa shape index (κ2) is 31.5. The van der Waals surface area contributed by atoms with Crippen LogP contribution in [-0.2, 0) is 31.9 Å². The van der Waals surface area contributed by atoms with Crippen molar-refractivity contribution >= 4 is 150 Å². The van der Waals surface area contributed by atoms with Gasteiger partial charge in [0.25, 0.3) is 11.1 Å². The summed E-state index contributed by atoms with van der Waals surface area (Å²) in [6, 6.07) is 23.5. The van der Waals surface area contributed by atoms with Crippen molar-refractivity contribution in [1.82, 2.24) is 10.6 Å². The van der Waals surface area contributed by atoms with Crippen LogP contribution in [0, 0.1) is 10.8 Å². The Morgan fingerprint density at radius 1 is 0.639 bits per heavy atom. The highest BCUT2D eigenvalue weighted by Crippen LogP contribution is 2.47. The lowest BCUT2D eigenvalue weighted by atomic mass is 9.66. The van der Waals surface area contributed by atoms with Crippen LogP contribution in [-0.4, -0.2) is 83.4 Å². The molecule has 0 spiro atoms. The predicted octanol–water partition coefficient (Wildman–Crippen LogP) is 14.2. The number of ether oxygens (including phenoxy) is 2. The molecule has 2 aliphatic rings. The van der Waals surface area contributed by atoms with E-state index >= 15 is 0 Å². The van der Waals surface area contributed by atoms with E-state index in [4.69, 9.17) is 97.6 Å². The van der Waals surface area contributed by atoms with Gasteiger partial charge in [0.2, 0.25) is 0 Å². The number of benzene rings is 4. The summed E-state index contributed by atoms with van der Waals surface area (Å²) in [5, 5.41) is 9.93. The van der Waals surface area contributed by atoms with Crippen LogP contribution in [0.15, 0.2) is 84.9 Å². The quantitative estimate of drug-likeness (QED) is 0.0206. The Hall–Kier alpha value is -3.31. The van der Waals surface area contributed by atoms with Gasteiger partial charge in [0.05, 0.1) is 55.4 Å². The van der Waals surface area contributed by atoms with Crippen LogP contribution in [0.3, 0.4) is 0 Å². The molecule has 0 aromatic heterocycles. The molecule has 392 valence electrons. The van der Waals surface area contributed by atoms with Gasteiger partial charge in [-0.15, -0.1) is 0 Å². The number of carbonyl (C=O) groups excluding carboxylic acids is 4. The standard InChI is InChI=1S/C26H30Cl2N2O3S2.C19H28N2O2S2.C7H3Cl3O.CH4/c1-33-24(32)21(30-25(34)26(12-4-13-26)14-5-15-35-2)16-17-8-10-18(11-9-17)29-23(31)22-19(27)6-3-7-20(22)28;1-23-17(22)16(13-14-5-7-15(20)8-6-14)21-18(24)19(9-3-10-19)11-4-12-25-2;8-4-2-1-3-5(9)6(4)7(10)11;/h3,6-11,21H,4-5,12-16H2,1-2H3,(H,29,31)(H,30,34);5-8,16H,3-4,9-13,20H2,1-2H3,(H,21,24);1-3H;1H4. The SMILES string of the molecule is C.COC(=O)C(Cc1ccc(N)cc1)NC(=S)C1(CCCSC)CCC1.COC(=O)C(Cc1ccc(NC(=O)c2c(Cl)cccc2Cl)cc1)NC(=S)C1(CCCSC)CCC1.O=C(Cl)c1c(Cl)cccc1Cl. The fraction of sp³-hybridized carbons (Fsp3) is 0.434. The van der Waals surface area contributed by atoms with Crippen molar-refractivity contribution in [3.63, 3.8) is 0 Å². The van der Waals surface area contributed by atoms with Gasteiger partial charge in [0, 0.05) is 35.0 Å². The van der Waals surface area contributed by atoms with Gasteiger partial charge in [-0.1, -0.05) is 128 Å². The first-order valence-electron chi connectivity index (χ1n) is 23.0. The Morgan fingerprint density at radius 2 is 1.01 bits per heavy atom. The number of carbonyl (C=O) groups is 4. The first-order valence-corrected chi connectivity index (χ1v) is 28.5. The average molecular weight is 1160 g/mol. The number of nitrogens with two attached hydrogens (primary N) is 1. The zero-order valence-electron chi connectivity index (χ0n) is 40.2. The van der Waals surface area contributed by atoms with Crippen molar-refractivity contribution in [2.45, 2.75) is 96.6 Å². The van der Waals surface area contributed by atoms with Gasteiger partial charge in [0.1, 0.15) is 12.1 Å². The number of anilines is 2. The Balaban J connectivity index is 0.000000321. The van der Waals surface area contributed by atoms with Crippen LogP contribution >= 0.6 is 106 Å². The van der Waals surface area contributed by atoms with E-state index in [-0.39, 0.29) is 67.3 Å². The van der Waals surface area contributed by atoms with E-state index in [2.05, 4.69) is 28.5 Å². The van der Waals surface area contributed by atoms with Crippen LogP contribution in [0.1, 0.15) is 103 Å². The number of thioether (sulfide) groups is 2. The van der Waals surface area contributed by atoms with E-state index in [1.54, 1.807) is 48.5 Å². The van der Waals surface area contributed by atoms with Crippen molar-refractivity contribution < 1.29 is 28.7 Å². The Kier molecular flexibility index (Phi) is 27.6. The molecule has 6 rings (SSSR count). The van der Waals surface area contributed by atoms with Gasteiger partial charge in [-0.05, 0) is 147 Å². The largest absolute Gasteiger partial charge is 0.467 e. The summed E-state index contributed by atoms with van der Waals surface area (Å²) in [7, 11) is 2.80. The van der Waals surface area contributed by atoms with Gasteiger partial charge in [-0.25, -0.2) is 9.59 Å². The molecule has 2 fully saturated rings. The van der Waals surface area contributed by atoms with Crippen LogP contribution in [0.2, 0.25) is 20.1 Å². The number of rotatable bonds is 21. The van der Waals surface area contributed by atoms with E-state index in [0.29, 0.717) is 24.2 Å². The van der Waals surface area contributed by atoms with Gasteiger partial charge in [0.15, 0.2) is 0 Å². The lowest BCUT2D eigenvalue weighted by molar-refractivity contribution is -0.143. The maximum atomic E-state index is 12.6. The Bertz CT molecular complexity index is 2400. The van der Waals surface area contributed by atoms with Gasteiger partial charge < -0.3 is 31.2 Å². The number of hydrogen-bond donors (Lipinski definition) is 4. The van der Waals surface area contributed by atoms with Crippen molar-refractivity contribution in [2.24, 2.45) is 10.8 Å². The topological polar surface area (TPSA) is 149 Å². The zero-order chi connectivity index (χ0) is 52.1. The molecule has 10 nitrogen and oxygen atoms in total. The van der Waals surface area contributed by atoms with Crippen molar-refractivity contribution in [3.8, 4) is 0 Å². The van der Waals surface area contributed by atoms with Crippen LogP contribution in [0.25, 0.3) is 0 Å². The number of nitrogens with one attached hydrogen (secondary N) is 3. The summed E-state index contributed by atoms with van der Waals surface area (Å²) in [5.41, 5.74) is 9.44. The summed E-state index contributed by atoms with van der Waals surface area (Å²) < 4.78 is 10.0. The van der Waals surface area contributed by atoms with E-state index < -0.39 is 17.3 Å². The molecule has 72 heavy (non-hydrogen) atoms. The van der Waals surface area contributed by atoms with Crippen LogP contribution in [0.4, 0.5) is 11.4 Å². The maximum absolute atomic E-state index is 12.6. The zero-order valence-corrected chi connectivity index (χ0v) is 47.2. The van der Waals surface area contributed by atoms with Crippen LogP contribution in [0.5, 0.6) is 0 Å². The number of nitrogen functional groups attached to an aromatic ring is 1. The van der Waals surface area contributed by atoms with Crippen LogP contribution < -0.4 is 21.7 Å². The average Bonchev–Trinajstić information content (AvgIpc) is 3.31. The van der Waals surface area contributed by atoms with Gasteiger partial charge in [-0.2, -0.15) is 23.5 Å².